The molecule has 2 aromatic carbocycles. The quantitative estimate of drug-likeness (QED) is 0.391. The molecular weight excluding hydrogens is 378 g/mol. The topological polar surface area (TPSA) is 47.6 Å². The number of nitrogens with one attached hydrogen (secondary N) is 1. The zero-order valence-electron chi connectivity index (χ0n) is 15.0. The first-order valence-corrected chi connectivity index (χ1v) is 10.4. The average Bonchev–Trinajstić information content (AvgIpc) is 3.21. The highest BCUT2D eigenvalue weighted by Gasteiger charge is 2.12. The molecule has 3 rings (SSSR count). The molecule has 0 bridgehead atoms. The van der Waals surface area contributed by atoms with Gasteiger partial charge in [-0.15, -0.1) is 23.1 Å². The molecule has 0 fully saturated rings. The Balaban J connectivity index is 1.66. The number of methoxy groups -OCH3 is 1. The lowest BCUT2D eigenvalue weighted by molar-refractivity contribution is 0.102. The molecule has 6 heteroatoms. The Kier molecular flexibility index (Phi) is 7.33. The van der Waals surface area contributed by atoms with E-state index in [0.29, 0.717) is 30.2 Å². The zero-order valence-corrected chi connectivity index (χ0v) is 16.6. The number of carbonyl (C=O) groups is 1. The third kappa shape index (κ3) is 5.85. The molecular formula is C21H21NO3S2. The lowest BCUT2D eigenvalue weighted by Crippen LogP contribution is -2.13. The van der Waals surface area contributed by atoms with E-state index in [1.54, 1.807) is 30.2 Å². The Bertz CT molecular complexity index is 865. The van der Waals surface area contributed by atoms with Crippen LogP contribution in [-0.4, -0.2) is 26.2 Å². The van der Waals surface area contributed by atoms with Gasteiger partial charge in [0.15, 0.2) is 0 Å². The summed E-state index contributed by atoms with van der Waals surface area (Å²) in [5.41, 5.74) is 1.37. The van der Waals surface area contributed by atoms with E-state index >= 15 is 0 Å². The summed E-state index contributed by atoms with van der Waals surface area (Å²) in [5.74, 6) is 1.42. The fourth-order valence-electron chi connectivity index (χ4n) is 2.43. The molecule has 0 aliphatic heterocycles. The summed E-state index contributed by atoms with van der Waals surface area (Å²) in [6.45, 7) is 0.988. The highest BCUT2D eigenvalue weighted by Crippen LogP contribution is 2.28. The molecule has 0 atom stereocenters. The van der Waals surface area contributed by atoms with Crippen molar-refractivity contribution in [3.63, 3.8) is 0 Å². The molecule has 27 heavy (non-hydrogen) atoms. The molecule has 1 amide bonds. The van der Waals surface area contributed by atoms with Crippen molar-refractivity contribution in [2.45, 2.75) is 10.6 Å². The van der Waals surface area contributed by atoms with E-state index in [0.717, 1.165) is 10.6 Å². The summed E-state index contributed by atoms with van der Waals surface area (Å²) in [5, 5.41) is 5.03. The van der Waals surface area contributed by atoms with E-state index in [1.165, 1.54) is 4.88 Å². The predicted octanol–water partition coefficient (Wildman–Crippen LogP) is 5.32. The second-order valence-electron chi connectivity index (χ2n) is 5.69. The van der Waals surface area contributed by atoms with Gasteiger partial charge in [-0.05, 0) is 35.7 Å². The highest BCUT2D eigenvalue weighted by atomic mass is 32.2. The Morgan fingerprint density at radius 2 is 1.96 bits per heavy atom. The molecule has 0 saturated carbocycles. The van der Waals surface area contributed by atoms with Crippen molar-refractivity contribution in [3.05, 3.63) is 76.5 Å². The number of rotatable bonds is 9. The smallest absolute Gasteiger partial charge is 0.256 e. The number of benzene rings is 2. The lowest BCUT2D eigenvalue weighted by Gasteiger charge is -2.11. The van der Waals surface area contributed by atoms with Crippen LogP contribution in [0.15, 0.2) is 70.9 Å². The molecule has 3 aromatic rings. The molecule has 1 N–H and O–H groups in total. The van der Waals surface area contributed by atoms with Crippen molar-refractivity contribution in [2.75, 3.05) is 25.6 Å². The van der Waals surface area contributed by atoms with Crippen LogP contribution in [-0.2, 0) is 10.5 Å². The monoisotopic (exact) mass is 399 g/mol. The molecule has 0 aliphatic carbocycles. The normalized spacial score (nSPS) is 10.6. The number of hydrogen-bond acceptors (Lipinski definition) is 5. The Morgan fingerprint density at radius 3 is 2.78 bits per heavy atom. The van der Waals surface area contributed by atoms with Crippen molar-refractivity contribution in [3.8, 4) is 5.75 Å². The number of thioether (sulfide) groups is 1. The average molecular weight is 400 g/mol. The number of ether oxygens (including phenoxy) is 2. The minimum absolute atomic E-state index is 0.127. The summed E-state index contributed by atoms with van der Waals surface area (Å²) in [6.07, 6.45) is 0. The fourth-order valence-corrected chi connectivity index (χ4v) is 4.25. The minimum Gasteiger partial charge on any atom is -0.491 e. The van der Waals surface area contributed by atoms with Gasteiger partial charge >= 0.3 is 0 Å². The van der Waals surface area contributed by atoms with Crippen molar-refractivity contribution in [2.24, 2.45) is 0 Å². The second-order valence-corrected chi connectivity index (χ2v) is 7.74. The van der Waals surface area contributed by atoms with Gasteiger partial charge in [-0.25, -0.2) is 0 Å². The number of thiophene rings is 1. The third-order valence-electron chi connectivity index (χ3n) is 3.73. The van der Waals surface area contributed by atoms with Gasteiger partial charge in [0.1, 0.15) is 12.4 Å². The van der Waals surface area contributed by atoms with Crippen molar-refractivity contribution in [1.82, 2.24) is 0 Å². The molecule has 1 aromatic heterocycles. The maximum atomic E-state index is 12.8. The van der Waals surface area contributed by atoms with Gasteiger partial charge < -0.3 is 14.8 Å². The molecule has 4 nitrogen and oxygen atoms in total. The van der Waals surface area contributed by atoms with E-state index in [1.807, 2.05) is 54.6 Å². The van der Waals surface area contributed by atoms with Gasteiger partial charge in [-0.2, -0.15) is 0 Å². The van der Waals surface area contributed by atoms with Crippen LogP contribution in [0.4, 0.5) is 5.69 Å². The second kappa shape index (κ2) is 10.2. The zero-order chi connectivity index (χ0) is 18.9. The van der Waals surface area contributed by atoms with Crippen LogP contribution in [0, 0.1) is 0 Å². The van der Waals surface area contributed by atoms with Crippen LogP contribution in [0.5, 0.6) is 5.75 Å². The van der Waals surface area contributed by atoms with Gasteiger partial charge in [-0.3, -0.25) is 4.79 Å². The number of hydrogen-bond donors (Lipinski definition) is 1. The van der Waals surface area contributed by atoms with E-state index in [4.69, 9.17) is 9.47 Å². The first-order chi connectivity index (χ1) is 13.3. The summed E-state index contributed by atoms with van der Waals surface area (Å²) in [6, 6.07) is 19.2. The number of anilines is 1. The van der Waals surface area contributed by atoms with Crippen molar-refractivity contribution < 1.29 is 14.3 Å². The first kappa shape index (κ1) is 19.5. The van der Waals surface area contributed by atoms with Gasteiger partial charge in [0.25, 0.3) is 5.91 Å². The van der Waals surface area contributed by atoms with Crippen LogP contribution in [0.1, 0.15) is 15.2 Å². The molecule has 0 radical (unpaired) electrons. The van der Waals surface area contributed by atoms with Crippen LogP contribution in [0.25, 0.3) is 0 Å². The standard InChI is InChI=1S/C21H21NO3S2/c1-24-11-12-25-17-7-4-6-16(14-17)22-21(23)19-9-2-3-10-20(19)27-15-18-8-5-13-26-18/h2-10,13-14H,11-12,15H2,1H3,(H,22,23). The van der Waals surface area contributed by atoms with Crippen LogP contribution in [0.3, 0.4) is 0 Å². The maximum Gasteiger partial charge on any atom is 0.256 e. The Labute approximate surface area is 167 Å². The summed E-state index contributed by atoms with van der Waals surface area (Å²) in [4.78, 5) is 15.0. The molecule has 1 heterocycles. The fraction of sp³-hybridized carbons (Fsp3) is 0.190. The van der Waals surface area contributed by atoms with Gasteiger partial charge in [0.05, 0.1) is 12.2 Å². The first-order valence-electron chi connectivity index (χ1n) is 8.53. The lowest BCUT2D eigenvalue weighted by atomic mass is 10.2. The SMILES string of the molecule is COCCOc1cccc(NC(=O)c2ccccc2SCc2cccs2)c1. The van der Waals surface area contributed by atoms with E-state index in [9.17, 15) is 4.79 Å². The predicted molar refractivity (Wildman–Crippen MR) is 112 cm³/mol. The van der Waals surface area contributed by atoms with E-state index in [-0.39, 0.29) is 5.91 Å². The molecule has 0 spiro atoms. The Hall–Kier alpha value is -2.28. The highest BCUT2D eigenvalue weighted by molar-refractivity contribution is 7.98. The summed E-state index contributed by atoms with van der Waals surface area (Å²) >= 11 is 3.40. The van der Waals surface area contributed by atoms with E-state index < -0.39 is 0 Å². The minimum atomic E-state index is -0.127. The number of carbonyl (C=O) groups excluding carboxylic acids is 1. The summed E-state index contributed by atoms with van der Waals surface area (Å²) in [7, 11) is 1.63. The van der Waals surface area contributed by atoms with Gasteiger partial charge in [0.2, 0.25) is 0 Å². The number of amides is 1. The Morgan fingerprint density at radius 1 is 1.07 bits per heavy atom. The maximum absolute atomic E-state index is 12.8. The molecule has 140 valence electrons. The van der Waals surface area contributed by atoms with Gasteiger partial charge in [0, 0.05) is 34.4 Å². The van der Waals surface area contributed by atoms with Crippen LogP contribution >= 0.6 is 23.1 Å². The molecule has 0 aliphatic rings. The molecule has 0 saturated heterocycles. The van der Waals surface area contributed by atoms with Crippen LogP contribution in [0.2, 0.25) is 0 Å². The summed E-state index contributed by atoms with van der Waals surface area (Å²) < 4.78 is 10.6. The van der Waals surface area contributed by atoms with Crippen LogP contribution < -0.4 is 10.1 Å². The largest absolute Gasteiger partial charge is 0.491 e. The molecule has 0 unspecified atom stereocenters. The third-order valence-corrected chi connectivity index (χ3v) is 5.91. The van der Waals surface area contributed by atoms with E-state index in [2.05, 4.69) is 16.8 Å². The van der Waals surface area contributed by atoms with Gasteiger partial charge in [-0.1, -0.05) is 24.3 Å². The van der Waals surface area contributed by atoms with Crippen molar-refractivity contribution >= 4 is 34.7 Å². The van der Waals surface area contributed by atoms with Crippen molar-refractivity contribution in [1.29, 1.82) is 0 Å².